The Hall–Kier alpha value is -1.43. The van der Waals surface area contributed by atoms with Gasteiger partial charge in [0.2, 0.25) is 0 Å². The highest BCUT2D eigenvalue weighted by atomic mass is 79.9. The quantitative estimate of drug-likeness (QED) is 0.610. The van der Waals surface area contributed by atoms with Crippen LogP contribution in [0.4, 0.5) is 5.69 Å². The second-order valence-corrected chi connectivity index (χ2v) is 8.50. The number of halogens is 1. The first-order valence-electron chi connectivity index (χ1n) is 9.87. The lowest BCUT2D eigenvalue weighted by Crippen LogP contribution is -2.27. The van der Waals surface area contributed by atoms with Crippen LogP contribution in [0.15, 0.2) is 41.0 Å². The number of aromatic nitrogens is 1. The largest absolute Gasteiger partial charge is 0.381 e. The SMILES string of the molecule is CC(C)c1cc(CNc2cccc(Br)c2)ncc1CNCC1CCOCC1. The van der Waals surface area contributed by atoms with Crippen LogP contribution in [-0.4, -0.2) is 24.7 Å². The summed E-state index contributed by atoms with van der Waals surface area (Å²) in [5.41, 5.74) is 4.87. The molecule has 1 aromatic heterocycles. The third-order valence-electron chi connectivity index (χ3n) is 5.09. The third kappa shape index (κ3) is 6.30. The van der Waals surface area contributed by atoms with Crippen LogP contribution in [-0.2, 0) is 17.8 Å². The van der Waals surface area contributed by atoms with Crippen molar-refractivity contribution in [3.05, 3.63) is 57.8 Å². The molecule has 3 rings (SSSR count). The molecule has 0 saturated carbocycles. The van der Waals surface area contributed by atoms with Gasteiger partial charge in [-0.3, -0.25) is 4.98 Å². The molecule has 4 nitrogen and oxygen atoms in total. The Balaban J connectivity index is 1.58. The van der Waals surface area contributed by atoms with Gasteiger partial charge in [-0.1, -0.05) is 35.8 Å². The van der Waals surface area contributed by atoms with Gasteiger partial charge in [0.1, 0.15) is 0 Å². The van der Waals surface area contributed by atoms with Gasteiger partial charge in [-0.2, -0.15) is 0 Å². The molecular weight excluding hydrogens is 402 g/mol. The highest BCUT2D eigenvalue weighted by molar-refractivity contribution is 9.10. The molecule has 1 aliphatic heterocycles. The summed E-state index contributed by atoms with van der Waals surface area (Å²) in [6, 6.07) is 10.5. The van der Waals surface area contributed by atoms with Gasteiger partial charge < -0.3 is 15.4 Å². The van der Waals surface area contributed by atoms with Crippen molar-refractivity contribution in [1.82, 2.24) is 10.3 Å². The lowest BCUT2D eigenvalue weighted by atomic mass is 9.97. The van der Waals surface area contributed by atoms with Crippen molar-refractivity contribution in [1.29, 1.82) is 0 Å². The third-order valence-corrected chi connectivity index (χ3v) is 5.58. The number of benzene rings is 1. The van der Waals surface area contributed by atoms with Crippen LogP contribution in [0.2, 0.25) is 0 Å². The molecule has 146 valence electrons. The molecule has 2 heterocycles. The maximum Gasteiger partial charge on any atom is 0.0597 e. The van der Waals surface area contributed by atoms with Gasteiger partial charge in [0.15, 0.2) is 0 Å². The van der Waals surface area contributed by atoms with E-state index < -0.39 is 0 Å². The first kappa shape index (κ1) is 20.3. The van der Waals surface area contributed by atoms with Crippen LogP contribution in [0.3, 0.4) is 0 Å². The van der Waals surface area contributed by atoms with E-state index in [1.165, 1.54) is 24.0 Å². The lowest BCUT2D eigenvalue weighted by molar-refractivity contribution is 0.0662. The number of ether oxygens (including phenoxy) is 1. The van der Waals surface area contributed by atoms with Crippen molar-refractivity contribution in [3.63, 3.8) is 0 Å². The number of nitrogens with one attached hydrogen (secondary N) is 2. The minimum absolute atomic E-state index is 0.484. The highest BCUT2D eigenvalue weighted by Gasteiger charge is 2.14. The van der Waals surface area contributed by atoms with Gasteiger partial charge in [-0.25, -0.2) is 0 Å². The van der Waals surface area contributed by atoms with Gasteiger partial charge >= 0.3 is 0 Å². The average Bonchev–Trinajstić information content (AvgIpc) is 2.68. The van der Waals surface area contributed by atoms with Gasteiger partial charge in [0.05, 0.1) is 12.2 Å². The smallest absolute Gasteiger partial charge is 0.0597 e. The van der Waals surface area contributed by atoms with Crippen LogP contribution >= 0.6 is 15.9 Å². The molecule has 2 aromatic rings. The van der Waals surface area contributed by atoms with E-state index in [9.17, 15) is 0 Å². The van der Waals surface area contributed by atoms with Crippen LogP contribution in [0, 0.1) is 5.92 Å². The summed E-state index contributed by atoms with van der Waals surface area (Å²) in [4.78, 5) is 4.69. The number of rotatable bonds is 8. The van der Waals surface area contributed by atoms with Crippen LogP contribution in [0.25, 0.3) is 0 Å². The minimum Gasteiger partial charge on any atom is -0.381 e. The monoisotopic (exact) mass is 431 g/mol. The van der Waals surface area contributed by atoms with Crippen molar-refractivity contribution >= 4 is 21.6 Å². The van der Waals surface area contributed by atoms with Crippen LogP contribution in [0.5, 0.6) is 0 Å². The van der Waals surface area contributed by atoms with Crippen LogP contribution < -0.4 is 10.6 Å². The second-order valence-electron chi connectivity index (χ2n) is 7.58. The Morgan fingerprint density at radius 1 is 1.19 bits per heavy atom. The van der Waals surface area contributed by atoms with Crippen molar-refractivity contribution in [2.75, 3.05) is 25.1 Å². The van der Waals surface area contributed by atoms with E-state index in [4.69, 9.17) is 9.72 Å². The minimum atomic E-state index is 0.484. The number of anilines is 1. The summed E-state index contributed by atoms with van der Waals surface area (Å²) in [6.45, 7) is 9.00. The molecule has 0 amide bonds. The molecule has 0 radical (unpaired) electrons. The first-order valence-corrected chi connectivity index (χ1v) is 10.7. The zero-order valence-electron chi connectivity index (χ0n) is 16.3. The Labute approximate surface area is 171 Å². The number of nitrogens with zero attached hydrogens (tertiary/aromatic N) is 1. The molecule has 0 spiro atoms. The number of hydrogen-bond acceptors (Lipinski definition) is 4. The fraction of sp³-hybridized carbons (Fsp3) is 0.500. The summed E-state index contributed by atoms with van der Waals surface area (Å²) in [5.74, 6) is 1.22. The summed E-state index contributed by atoms with van der Waals surface area (Å²) in [5, 5.41) is 7.09. The average molecular weight is 432 g/mol. The van der Waals surface area contributed by atoms with Crippen molar-refractivity contribution in [3.8, 4) is 0 Å². The Bertz CT molecular complexity index is 729. The standard InChI is InChI=1S/C22H30BrN3O/c1-16(2)22-11-21(15-26-20-5-3-4-19(23)10-20)25-14-18(22)13-24-12-17-6-8-27-9-7-17/h3-5,10-11,14,16-17,24,26H,6-9,12-13,15H2,1-2H3. The fourth-order valence-corrected chi connectivity index (χ4v) is 3.88. The van der Waals surface area contributed by atoms with E-state index in [1.807, 2.05) is 18.3 Å². The van der Waals surface area contributed by atoms with Crippen molar-refractivity contribution in [2.45, 2.75) is 45.7 Å². The lowest BCUT2D eigenvalue weighted by Gasteiger charge is -2.23. The molecule has 27 heavy (non-hydrogen) atoms. The molecule has 1 aromatic carbocycles. The number of pyridine rings is 1. The highest BCUT2D eigenvalue weighted by Crippen LogP contribution is 2.22. The van der Waals surface area contributed by atoms with E-state index in [-0.39, 0.29) is 0 Å². The van der Waals surface area contributed by atoms with E-state index in [1.54, 1.807) is 0 Å². The number of hydrogen-bond donors (Lipinski definition) is 2. The molecule has 1 saturated heterocycles. The summed E-state index contributed by atoms with van der Waals surface area (Å²) < 4.78 is 6.52. The molecule has 0 unspecified atom stereocenters. The summed E-state index contributed by atoms with van der Waals surface area (Å²) in [6.07, 6.45) is 4.38. The van der Waals surface area contributed by atoms with E-state index >= 15 is 0 Å². The normalized spacial score (nSPS) is 15.3. The predicted molar refractivity (Wildman–Crippen MR) is 115 cm³/mol. The zero-order chi connectivity index (χ0) is 19.1. The van der Waals surface area contributed by atoms with E-state index in [0.29, 0.717) is 5.92 Å². The van der Waals surface area contributed by atoms with Gasteiger partial charge in [0.25, 0.3) is 0 Å². The molecule has 2 N–H and O–H groups in total. The molecule has 0 bridgehead atoms. The van der Waals surface area contributed by atoms with Gasteiger partial charge in [-0.05, 0) is 66.6 Å². The Morgan fingerprint density at radius 3 is 2.74 bits per heavy atom. The van der Waals surface area contributed by atoms with Gasteiger partial charge in [-0.15, -0.1) is 0 Å². The van der Waals surface area contributed by atoms with E-state index in [2.05, 4.69) is 58.6 Å². The summed E-state index contributed by atoms with van der Waals surface area (Å²) >= 11 is 3.51. The molecule has 1 aliphatic rings. The fourth-order valence-electron chi connectivity index (χ4n) is 3.48. The maximum absolute atomic E-state index is 5.44. The maximum atomic E-state index is 5.44. The molecule has 1 fully saturated rings. The second kappa shape index (κ2) is 10.2. The Morgan fingerprint density at radius 2 is 2.00 bits per heavy atom. The topological polar surface area (TPSA) is 46.2 Å². The molecule has 0 atom stereocenters. The zero-order valence-corrected chi connectivity index (χ0v) is 17.9. The summed E-state index contributed by atoms with van der Waals surface area (Å²) in [7, 11) is 0. The Kier molecular flexibility index (Phi) is 7.68. The predicted octanol–water partition coefficient (Wildman–Crippen LogP) is 5.10. The molecule has 0 aliphatic carbocycles. The van der Waals surface area contributed by atoms with Gasteiger partial charge in [0, 0.05) is 36.1 Å². The first-order chi connectivity index (χ1) is 13.1. The van der Waals surface area contributed by atoms with Crippen molar-refractivity contribution in [2.24, 2.45) is 5.92 Å². The molecule has 5 heteroatoms. The molecular formula is C22H30BrN3O. The van der Waals surface area contributed by atoms with Crippen LogP contribution in [0.1, 0.15) is 49.4 Å². The van der Waals surface area contributed by atoms with Crippen molar-refractivity contribution < 1.29 is 4.74 Å². The van der Waals surface area contributed by atoms with E-state index in [0.717, 1.165) is 54.6 Å².